The minimum Gasteiger partial charge on any atom is -0.378 e. The van der Waals surface area contributed by atoms with Gasteiger partial charge in [0.2, 0.25) is 0 Å². The van der Waals surface area contributed by atoms with E-state index in [0.717, 1.165) is 22.2 Å². The van der Waals surface area contributed by atoms with Crippen molar-refractivity contribution in [1.29, 1.82) is 0 Å². The first-order valence-electron chi connectivity index (χ1n) is 4.09. The van der Waals surface area contributed by atoms with E-state index in [-0.39, 0.29) is 0 Å². The van der Waals surface area contributed by atoms with Crippen molar-refractivity contribution in [2.45, 2.75) is 11.0 Å². The summed E-state index contributed by atoms with van der Waals surface area (Å²) in [5.74, 6) is 0. The average molecular weight is 287 g/mol. The minimum atomic E-state index is -0.436. The smallest absolute Gasteiger partial charge is 0.132 e. The van der Waals surface area contributed by atoms with E-state index in [0.29, 0.717) is 0 Å². The third-order valence-electron chi connectivity index (χ3n) is 2.18. The molecule has 0 amide bonds. The van der Waals surface area contributed by atoms with Crippen molar-refractivity contribution in [2.24, 2.45) is 0 Å². The van der Waals surface area contributed by atoms with Crippen molar-refractivity contribution in [3.8, 4) is 0 Å². The summed E-state index contributed by atoms with van der Waals surface area (Å²) in [5.41, 5.74) is 3.13. The maximum atomic E-state index is 9.56. The first kappa shape index (κ1) is 9.02. The molecule has 0 fully saturated rings. The van der Waals surface area contributed by atoms with Crippen LogP contribution in [0.1, 0.15) is 15.4 Å². The molecule has 2 nitrogen and oxygen atoms in total. The molecular formula is C10H10INO. The Balaban J connectivity index is 2.78. The predicted octanol–water partition coefficient (Wildman–Crippen LogP) is 2.90. The van der Waals surface area contributed by atoms with Crippen molar-refractivity contribution in [2.75, 3.05) is 0 Å². The zero-order valence-electron chi connectivity index (χ0n) is 7.21. The Kier molecular flexibility index (Phi) is 2.29. The largest absolute Gasteiger partial charge is 0.378 e. The van der Waals surface area contributed by atoms with Crippen LogP contribution in [0.2, 0.25) is 0 Å². The molecule has 3 heteroatoms. The Hall–Kier alpha value is -0.550. The number of hydrogen-bond donors (Lipinski definition) is 2. The number of fused-ring (bicyclic) bond motifs is 1. The highest BCUT2D eigenvalue weighted by molar-refractivity contribution is 14.1. The van der Waals surface area contributed by atoms with Crippen LogP contribution in [0, 0.1) is 6.92 Å². The number of hydrogen-bond acceptors (Lipinski definition) is 1. The molecule has 13 heavy (non-hydrogen) atoms. The standard InChI is InChI=1S/C10H10INO/c1-6-9(10(11)13)7-4-2-3-5-8(7)12-6/h2-5,10,12-13H,1H3. The van der Waals surface area contributed by atoms with Gasteiger partial charge >= 0.3 is 0 Å². The maximum absolute atomic E-state index is 9.56. The summed E-state index contributed by atoms with van der Waals surface area (Å²) < 4.78 is -0.436. The lowest BCUT2D eigenvalue weighted by molar-refractivity contribution is 0.287. The number of alkyl halides is 1. The Morgan fingerprint density at radius 1 is 1.38 bits per heavy atom. The summed E-state index contributed by atoms with van der Waals surface area (Å²) >= 11 is 2.01. The second-order valence-electron chi connectivity index (χ2n) is 3.05. The summed E-state index contributed by atoms with van der Waals surface area (Å²) in [6.07, 6.45) is 0. The summed E-state index contributed by atoms with van der Waals surface area (Å²) in [6.45, 7) is 1.98. The fourth-order valence-electron chi connectivity index (χ4n) is 1.61. The van der Waals surface area contributed by atoms with E-state index in [9.17, 15) is 5.11 Å². The second kappa shape index (κ2) is 3.31. The van der Waals surface area contributed by atoms with Crippen molar-refractivity contribution in [1.82, 2.24) is 4.98 Å². The molecule has 1 unspecified atom stereocenters. The molecule has 0 aliphatic heterocycles. The second-order valence-corrected chi connectivity index (χ2v) is 4.22. The Morgan fingerprint density at radius 3 is 2.77 bits per heavy atom. The number of aromatic nitrogens is 1. The molecule has 68 valence electrons. The van der Waals surface area contributed by atoms with Gasteiger partial charge in [0.1, 0.15) is 4.11 Å². The van der Waals surface area contributed by atoms with Crippen LogP contribution in [0.4, 0.5) is 0 Å². The van der Waals surface area contributed by atoms with Crippen LogP contribution in [0.25, 0.3) is 10.9 Å². The molecule has 1 aromatic carbocycles. The molecule has 1 aromatic heterocycles. The van der Waals surface area contributed by atoms with Crippen molar-refractivity contribution in [3.05, 3.63) is 35.5 Å². The maximum Gasteiger partial charge on any atom is 0.132 e. The van der Waals surface area contributed by atoms with E-state index in [1.165, 1.54) is 0 Å². The van der Waals surface area contributed by atoms with E-state index in [2.05, 4.69) is 4.98 Å². The molecule has 0 bridgehead atoms. The zero-order chi connectivity index (χ0) is 9.42. The molecule has 2 N–H and O–H groups in total. The molecule has 1 heterocycles. The lowest BCUT2D eigenvalue weighted by Crippen LogP contribution is -1.87. The molecule has 2 rings (SSSR count). The van der Waals surface area contributed by atoms with Gasteiger partial charge in [0.15, 0.2) is 0 Å². The topological polar surface area (TPSA) is 36.0 Å². The van der Waals surface area contributed by atoms with Gasteiger partial charge < -0.3 is 10.1 Å². The van der Waals surface area contributed by atoms with E-state index in [1.54, 1.807) is 0 Å². The Bertz CT molecular complexity index is 433. The molecule has 0 radical (unpaired) electrons. The lowest BCUT2D eigenvalue weighted by atomic mass is 10.1. The summed E-state index contributed by atoms with van der Waals surface area (Å²) in [5, 5.41) is 10.7. The van der Waals surface area contributed by atoms with E-state index in [4.69, 9.17) is 0 Å². The number of aromatic amines is 1. The monoisotopic (exact) mass is 287 g/mol. The SMILES string of the molecule is Cc1[nH]c2ccccc2c1C(O)I. The van der Waals surface area contributed by atoms with Gasteiger partial charge in [0, 0.05) is 22.2 Å². The zero-order valence-corrected chi connectivity index (χ0v) is 9.37. The number of para-hydroxylation sites is 1. The number of aryl methyl sites for hydroxylation is 1. The van der Waals surface area contributed by atoms with Crippen molar-refractivity contribution < 1.29 is 5.11 Å². The number of benzene rings is 1. The van der Waals surface area contributed by atoms with Crippen molar-refractivity contribution in [3.63, 3.8) is 0 Å². The van der Waals surface area contributed by atoms with Gasteiger partial charge in [-0.25, -0.2) is 0 Å². The van der Waals surface area contributed by atoms with Gasteiger partial charge in [-0.3, -0.25) is 0 Å². The van der Waals surface area contributed by atoms with Gasteiger partial charge in [0.25, 0.3) is 0 Å². The number of H-pyrrole nitrogens is 1. The molecule has 2 aromatic rings. The number of aliphatic hydroxyl groups excluding tert-OH is 1. The van der Waals surface area contributed by atoms with Crippen LogP contribution in [0.3, 0.4) is 0 Å². The van der Waals surface area contributed by atoms with E-state index in [1.807, 2.05) is 53.8 Å². The minimum absolute atomic E-state index is 0.436. The number of nitrogens with one attached hydrogen (secondary N) is 1. The first-order chi connectivity index (χ1) is 6.20. The fraction of sp³-hybridized carbons (Fsp3) is 0.200. The normalized spacial score (nSPS) is 13.5. The van der Waals surface area contributed by atoms with Gasteiger partial charge in [-0.1, -0.05) is 18.2 Å². The molecule has 1 atom stereocenters. The van der Waals surface area contributed by atoms with Crippen LogP contribution in [0.15, 0.2) is 24.3 Å². The van der Waals surface area contributed by atoms with Crippen molar-refractivity contribution >= 4 is 33.5 Å². The van der Waals surface area contributed by atoms with Gasteiger partial charge in [-0.15, -0.1) is 0 Å². The summed E-state index contributed by atoms with van der Waals surface area (Å²) in [6, 6.07) is 8.01. The van der Waals surface area contributed by atoms with Crippen LogP contribution < -0.4 is 0 Å². The number of rotatable bonds is 1. The number of halogens is 1. The molecule has 0 spiro atoms. The molecule has 0 saturated carbocycles. The van der Waals surface area contributed by atoms with E-state index >= 15 is 0 Å². The van der Waals surface area contributed by atoms with E-state index < -0.39 is 4.11 Å². The predicted molar refractivity (Wildman–Crippen MR) is 62.0 cm³/mol. The van der Waals surface area contributed by atoms with Crippen LogP contribution >= 0.6 is 22.6 Å². The lowest BCUT2D eigenvalue weighted by Gasteiger charge is -2.01. The first-order valence-corrected chi connectivity index (χ1v) is 5.34. The highest BCUT2D eigenvalue weighted by atomic mass is 127. The Labute approximate surface area is 90.1 Å². The van der Waals surface area contributed by atoms with Crippen LogP contribution in [-0.2, 0) is 0 Å². The molecule has 0 saturated heterocycles. The highest BCUT2D eigenvalue weighted by Crippen LogP contribution is 2.30. The molecular weight excluding hydrogens is 277 g/mol. The fourth-order valence-corrected chi connectivity index (χ4v) is 2.41. The molecule has 0 aliphatic rings. The third kappa shape index (κ3) is 1.46. The van der Waals surface area contributed by atoms with Crippen LogP contribution in [0.5, 0.6) is 0 Å². The summed E-state index contributed by atoms with van der Waals surface area (Å²) in [4.78, 5) is 3.24. The third-order valence-corrected chi connectivity index (χ3v) is 2.80. The Morgan fingerprint density at radius 2 is 2.08 bits per heavy atom. The quantitative estimate of drug-likeness (QED) is 0.614. The van der Waals surface area contributed by atoms with Gasteiger partial charge in [0.05, 0.1) is 0 Å². The molecule has 0 aliphatic carbocycles. The van der Waals surface area contributed by atoms with Crippen LogP contribution in [-0.4, -0.2) is 10.1 Å². The number of aliphatic hydroxyl groups is 1. The average Bonchev–Trinajstić information content (AvgIpc) is 2.39. The summed E-state index contributed by atoms with van der Waals surface area (Å²) in [7, 11) is 0. The van der Waals surface area contributed by atoms with Gasteiger partial charge in [-0.05, 0) is 35.6 Å². The highest BCUT2D eigenvalue weighted by Gasteiger charge is 2.12. The van der Waals surface area contributed by atoms with Gasteiger partial charge in [-0.2, -0.15) is 0 Å².